The lowest BCUT2D eigenvalue weighted by atomic mass is 9.74. The van der Waals surface area contributed by atoms with Gasteiger partial charge in [0.1, 0.15) is 0 Å². The van der Waals surface area contributed by atoms with Crippen LogP contribution in [-0.2, 0) is 6.42 Å². The molecule has 0 atom stereocenters. The summed E-state index contributed by atoms with van der Waals surface area (Å²) in [6.07, 6.45) is 3.76. The Bertz CT molecular complexity index is 348. The van der Waals surface area contributed by atoms with Crippen LogP contribution in [0.3, 0.4) is 0 Å². The summed E-state index contributed by atoms with van der Waals surface area (Å²) in [6, 6.07) is 10.9. The first-order valence-electron chi connectivity index (χ1n) is 6.70. The van der Waals surface area contributed by atoms with Crippen LogP contribution in [0.15, 0.2) is 30.3 Å². The predicted molar refractivity (Wildman–Crippen MR) is 74.2 cm³/mol. The summed E-state index contributed by atoms with van der Waals surface area (Å²) in [4.78, 5) is 0. The van der Waals surface area contributed by atoms with Crippen LogP contribution in [0.5, 0.6) is 0 Å². The highest BCUT2D eigenvalue weighted by Gasteiger charge is 2.37. The molecule has 0 saturated carbocycles. The van der Waals surface area contributed by atoms with Crippen molar-refractivity contribution in [2.45, 2.75) is 58.0 Å². The van der Waals surface area contributed by atoms with Gasteiger partial charge in [0.15, 0.2) is 0 Å². The molecule has 0 unspecified atom stereocenters. The van der Waals surface area contributed by atoms with Crippen molar-refractivity contribution in [3.8, 4) is 0 Å². The van der Waals surface area contributed by atoms with Gasteiger partial charge in [0.25, 0.3) is 0 Å². The van der Waals surface area contributed by atoms with Crippen molar-refractivity contribution in [2.24, 2.45) is 5.92 Å². The van der Waals surface area contributed by atoms with Crippen LogP contribution in [0.2, 0.25) is 0 Å². The molecule has 1 heteroatoms. The minimum absolute atomic E-state index is 0.265. The number of piperidine rings is 1. The van der Waals surface area contributed by atoms with Gasteiger partial charge in [0.2, 0.25) is 0 Å². The Morgan fingerprint density at radius 3 is 2.06 bits per heavy atom. The summed E-state index contributed by atoms with van der Waals surface area (Å²) >= 11 is 0. The molecule has 0 bridgehead atoms. The molecule has 2 rings (SSSR count). The zero-order valence-corrected chi connectivity index (χ0v) is 11.6. The van der Waals surface area contributed by atoms with Gasteiger partial charge in [-0.05, 0) is 58.4 Å². The third-order valence-corrected chi connectivity index (χ3v) is 3.64. The van der Waals surface area contributed by atoms with Crippen molar-refractivity contribution in [3.63, 3.8) is 0 Å². The zero-order chi connectivity index (χ0) is 12.5. The summed E-state index contributed by atoms with van der Waals surface area (Å²) in [7, 11) is 0. The molecule has 0 spiro atoms. The highest BCUT2D eigenvalue weighted by molar-refractivity contribution is 5.16. The highest BCUT2D eigenvalue weighted by atomic mass is 15.0. The number of benzene rings is 1. The molecule has 1 aliphatic rings. The molecule has 0 aliphatic carbocycles. The Hall–Kier alpha value is -0.820. The lowest BCUT2D eigenvalue weighted by Crippen LogP contribution is -2.58. The van der Waals surface area contributed by atoms with Crippen molar-refractivity contribution >= 4 is 0 Å². The Kier molecular flexibility index (Phi) is 3.31. The largest absolute Gasteiger partial charge is 0.307 e. The van der Waals surface area contributed by atoms with Gasteiger partial charge in [-0.2, -0.15) is 0 Å². The molecule has 0 amide bonds. The monoisotopic (exact) mass is 231 g/mol. The molecule has 1 aliphatic heterocycles. The van der Waals surface area contributed by atoms with E-state index in [2.05, 4.69) is 63.3 Å². The van der Waals surface area contributed by atoms with Crippen LogP contribution in [0.4, 0.5) is 0 Å². The van der Waals surface area contributed by atoms with Gasteiger partial charge in [0, 0.05) is 11.1 Å². The average molecular weight is 231 g/mol. The van der Waals surface area contributed by atoms with Crippen LogP contribution in [0, 0.1) is 5.92 Å². The number of hydrogen-bond donors (Lipinski definition) is 1. The van der Waals surface area contributed by atoms with E-state index in [1.165, 1.54) is 24.8 Å². The third-order valence-electron chi connectivity index (χ3n) is 3.64. The number of rotatable bonds is 2. The molecule has 1 aromatic carbocycles. The molecule has 17 heavy (non-hydrogen) atoms. The maximum Gasteiger partial charge on any atom is 0.0132 e. The van der Waals surface area contributed by atoms with Crippen molar-refractivity contribution in [1.82, 2.24) is 5.32 Å². The first kappa shape index (κ1) is 12.6. The van der Waals surface area contributed by atoms with Gasteiger partial charge in [0.05, 0.1) is 0 Å². The Morgan fingerprint density at radius 1 is 1.00 bits per heavy atom. The Morgan fingerprint density at radius 2 is 1.53 bits per heavy atom. The minimum atomic E-state index is 0.265. The molecule has 1 fully saturated rings. The van der Waals surface area contributed by atoms with Crippen LogP contribution in [0.25, 0.3) is 0 Å². The fraction of sp³-hybridized carbons (Fsp3) is 0.625. The minimum Gasteiger partial charge on any atom is -0.307 e. The second kappa shape index (κ2) is 4.45. The molecular weight excluding hydrogens is 206 g/mol. The van der Waals surface area contributed by atoms with E-state index in [1.54, 1.807) is 0 Å². The first-order valence-corrected chi connectivity index (χ1v) is 6.70. The maximum absolute atomic E-state index is 3.75. The standard InChI is InChI=1S/C16H25N/c1-15(2)11-14(12-16(3,4)17-15)10-13-8-6-5-7-9-13/h5-9,14,17H,10-12H2,1-4H3. The fourth-order valence-electron chi connectivity index (χ4n) is 3.63. The van der Waals surface area contributed by atoms with Crippen molar-refractivity contribution in [2.75, 3.05) is 0 Å². The lowest BCUT2D eigenvalue weighted by Gasteiger charge is -2.46. The van der Waals surface area contributed by atoms with E-state index < -0.39 is 0 Å². The fourth-order valence-corrected chi connectivity index (χ4v) is 3.63. The van der Waals surface area contributed by atoms with E-state index in [-0.39, 0.29) is 11.1 Å². The van der Waals surface area contributed by atoms with Crippen LogP contribution >= 0.6 is 0 Å². The summed E-state index contributed by atoms with van der Waals surface area (Å²) < 4.78 is 0. The predicted octanol–water partition coefficient (Wildman–Crippen LogP) is 3.79. The normalized spacial score (nSPS) is 23.5. The van der Waals surface area contributed by atoms with Crippen LogP contribution in [0.1, 0.15) is 46.1 Å². The quantitative estimate of drug-likeness (QED) is 0.816. The van der Waals surface area contributed by atoms with Gasteiger partial charge in [-0.15, -0.1) is 0 Å². The van der Waals surface area contributed by atoms with Gasteiger partial charge in [-0.3, -0.25) is 0 Å². The third kappa shape index (κ3) is 3.57. The smallest absolute Gasteiger partial charge is 0.0132 e. The van der Waals surface area contributed by atoms with Gasteiger partial charge >= 0.3 is 0 Å². The van der Waals surface area contributed by atoms with Crippen molar-refractivity contribution in [3.05, 3.63) is 35.9 Å². The molecule has 1 N–H and O–H groups in total. The average Bonchev–Trinajstić information content (AvgIpc) is 2.13. The van der Waals surface area contributed by atoms with Crippen LogP contribution in [-0.4, -0.2) is 11.1 Å². The molecule has 1 aromatic rings. The molecular formula is C16H25N. The van der Waals surface area contributed by atoms with Crippen molar-refractivity contribution < 1.29 is 0 Å². The van der Waals surface area contributed by atoms with E-state index in [9.17, 15) is 0 Å². The van der Waals surface area contributed by atoms with Crippen molar-refractivity contribution in [1.29, 1.82) is 0 Å². The summed E-state index contributed by atoms with van der Waals surface area (Å²) in [5.41, 5.74) is 2.01. The highest BCUT2D eigenvalue weighted by Crippen LogP contribution is 2.34. The summed E-state index contributed by atoms with van der Waals surface area (Å²) in [6.45, 7) is 9.30. The van der Waals surface area contributed by atoms with E-state index in [0.717, 1.165) is 5.92 Å². The maximum atomic E-state index is 3.75. The van der Waals surface area contributed by atoms with Crippen LogP contribution < -0.4 is 5.32 Å². The van der Waals surface area contributed by atoms with E-state index >= 15 is 0 Å². The second-order valence-corrected chi connectivity index (χ2v) is 6.86. The topological polar surface area (TPSA) is 12.0 Å². The molecule has 1 heterocycles. The first-order chi connectivity index (χ1) is 7.86. The molecule has 1 nitrogen and oxygen atoms in total. The van der Waals surface area contributed by atoms with E-state index in [1.807, 2.05) is 0 Å². The van der Waals surface area contributed by atoms with E-state index in [4.69, 9.17) is 0 Å². The molecule has 0 radical (unpaired) electrons. The Labute approximate surface area is 106 Å². The molecule has 0 aromatic heterocycles. The second-order valence-electron chi connectivity index (χ2n) is 6.86. The van der Waals surface area contributed by atoms with Gasteiger partial charge in [-0.25, -0.2) is 0 Å². The molecule has 94 valence electrons. The van der Waals surface area contributed by atoms with Gasteiger partial charge in [-0.1, -0.05) is 30.3 Å². The Balaban J connectivity index is 2.06. The summed E-state index contributed by atoms with van der Waals surface area (Å²) in [5, 5.41) is 3.75. The summed E-state index contributed by atoms with van der Waals surface area (Å²) in [5.74, 6) is 0.795. The number of hydrogen-bond acceptors (Lipinski definition) is 1. The zero-order valence-electron chi connectivity index (χ0n) is 11.6. The SMILES string of the molecule is CC1(C)CC(Cc2ccccc2)CC(C)(C)N1. The molecule has 1 saturated heterocycles. The van der Waals surface area contributed by atoms with E-state index in [0.29, 0.717) is 0 Å². The number of nitrogens with one attached hydrogen (secondary N) is 1. The van der Waals surface area contributed by atoms with Gasteiger partial charge < -0.3 is 5.32 Å². The lowest BCUT2D eigenvalue weighted by molar-refractivity contribution is 0.128.